The van der Waals surface area contributed by atoms with E-state index in [9.17, 15) is 24.0 Å². The van der Waals surface area contributed by atoms with Crippen LogP contribution in [0.5, 0.6) is 5.75 Å². The maximum atomic E-state index is 12.4. The van der Waals surface area contributed by atoms with Gasteiger partial charge in [0.15, 0.2) is 0 Å². The molecule has 0 fully saturated rings. The quantitative estimate of drug-likeness (QED) is 0.165. The van der Waals surface area contributed by atoms with Crippen molar-refractivity contribution in [3.63, 3.8) is 0 Å². The van der Waals surface area contributed by atoms with Gasteiger partial charge in [-0.05, 0) is 24.3 Å². The molecule has 0 saturated heterocycles. The molecule has 4 N–H and O–H groups in total. The average Bonchev–Trinajstić information content (AvgIpc) is 2.63. The monoisotopic (exact) mass is 457 g/mol. The summed E-state index contributed by atoms with van der Waals surface area (Å²) in [4.78, 5) is 57.0. The summed E-state index contributed by atoms with van der Waals surface area (Å²) in [6.45, 7) is 3.85. The Morgan fingerprint density at radius 2 is 1.37 bits per heavy atom. The van der Waals surface area contributed by atoms with Crippen LogP contribution in [-0.2, 0) is 24.0 Å². The van der Waals surface area contributed by atoms with Crippen LogP contribution in [0.2, 0.25) is 0 Å². The molecule has 164 valence electrons. The van der Waals surface area contributed by atoms with Crippen molar-refractivity contribution in [3.8, 4) is 5.75 Å². The van der Waals surface area contributed by atoms with Gasteiger partial charge in [-0.25, -0.2) is 9.59 Å². The van der Waals surface area contributed by atoms with E-state index in [1.165, 1.54) is 32.9 Å². The van der Waals surface area contributed by atoms with Crippen LogP contribution in [0.4, 0.5) is 5.69 Å². The number of rotatable bonds is 11. The van der Waals surface area contributed by atoms with Crippen LogP contribution in [0, 0.1) is 0 Å². The maximum Gasteiger partial charge on any atom is 0.334 e. The number of anilines is 1. The van der Waals surface area contributed by atoms with Crippen molar-refractivity contribution in [2.75, 3.05) is 16.8 Å². The molecule has 30 heavy (non-hydrogen) atoms. The van der Waals surface area contributed by atoms with Gasteiger partial charge in [0.2, 0.25) is 17.7 Å². The second kappa shape index (κ2) is 12.8. The molecular weight excluding hydrogens is 434 g/mol. The smallest absolute Gasteiger partial charge is 0.334 e. The molecule has 0 radical (unpaired) electrons. The SMILES string of the molecule is CC(=O)Nc1ccc(OC(=O)C(CSSCC(NC(C)=O)C(=O)O)NC(C)=O)cc1. The van der Waals surface area contributed by atoms with Gasteiger partial charge in [0.1, 0.15) is 17.8 Å². The minimum Gasteiger partial charge on any atom is -0.480 e. The Morgan fingerprint density at radius 3 is 1.83 bits per heavy atom. The number of carboxylic acids is 1. The third-order valence-corrected chi connectivity index (χ3v) is 5.71. The van der Waals surface area contributed by atoms with Crippen LogP contribution >= 0.6 is 21.6 Å². The number of carboxylic acid groups (broad SMARTS) is 1. The number of amides is 3. The van der Waals surface area contributed by atoms with Gasteiger partial charge >= 0.3 is 11.9 Å². The van der Waals surface area contributed by atoms with Crippen LogP contribution in [0.15, 0.2) is 24.3 Å². The number of esters is 1. The van der Waals surface area contributed by atoms with Crippen LogP contribution in [0.3, 0.4) is 0 Å². The number of carbonyl (C=O) groups is 5. The fourth-order valence-corrected chi connectivity index (χ4v) is 4.37. The highest BCUT2D eigenvalue weighted by Crippen LogP contribution is 2.24. The number of ether oxygens (including phenoxy) is 1. The van der Waals surface area contributed by atoms with E-state index < -0.39 is 35.8 Å². The fraction of sp³-hybridized carbons (Fsp3) is 0.389. The van der Waals surface area contributed by atoms with Gasteiger partial charge in [0.05, 0.1) is 0 Å². The van der Waals surface area contributed by atoms with Crippen LogP contribution < -0.4 is 20.7 Å². The number of benzene rings is 1. The molecule has 0 heterocycles. The first-order chi connectivity index (χ1) is 14.1. The Kier molecular flexibility index (Phi) is 10.8. The lowest BCUT2D eigenvalue weighted by molar-refractivity contribution is -0.140. The van der Waals surface area contributed by atoms with E-state index in [-0.39, 0.29) is 23.2 Å². The lowest BCUT2D eigenvalue weighted by Crippen LogP contribution is -2.44. The first-order valence-corrected chi connectivity index (χ1v) is 11.2. The number of carbonyl (C=O) groups excluding carboxylic acids is 4. The zero-order chi connectivity index (χ0) is 22.7. The Balaban J connectivity index is 2.62. The Hall–Kier alpha value is -2.73. The van der Waals surface area contributed by atoms with Crippen molar-refractivity contribution in [3.05, 3.63) is 24.3 Å². The van der Waals surface area contributed by atoms with Crippen LogP contribution in [-0.4, -0.2) is 58.4 Å². The molecule has 1 aromatic rings. The third kappa shape index (κ3) is 10.2. The van der Waals surface area contributed by atoms with Gasteiger partial charge < -0.3 is 25.8 Å². The normalized spacial score (nSPS) is 12.2. The van der Waals surface area contributed by atoms with Crippen molar-refractivity contribution in [1.29, 1.82) is 0 Å². The van der Waals surface area contributed by atoms with E-state index in [0.29, 0.717) is 5.69 Å². The van der Waals surface area contributed by atoms with Crippen molar-refractivity contribution < 1.29 is 33.8 Å². The summed E-state index contributed by atoms with van der Waals surface area (Å²) in [6.07, 6.45) is 0. The third-order valence-electron chi connectivity index (χ3n) is 3.28. The summed E-state index contributed by atoms with van der Waals surface area (Å²) in [5, 5.41) is 16.5. The Labute approximate surface area is 181 Å². The zero-order valence-electron chi connectivity index (χ0n) is 16.6. The average molecular weight is 458 g/mol. The largest absolute Gasteiger partial charge is 0.480 e. The molecule has 12 heteroatoms. The van der Waals surface area contributed by atoms with Gasteiger partial charge in [-0.3, -0.25) is 14.4 Å². The van der Waals surface area contributed by atoms with E-state index in [4.69, 9.17) is 9.84 Å². The highest BCUT2D eigenvalue weighted by Gasteiger charge is 2.23. The first kappa shape index (κ1) is 25.3. The number of hydrogen-bond acceptors (Lipinski definition) is 8. The van der Waals surface area contributed by atoms with Gasteiger partial charge in [-0.15, -0.1) is 0 Å². The zero-order valence-corrected chi connectivity index (χ0v) is 18.2. The van der Waals surface area contributed by atoms with Crippen LogP contribution in [0.25, 0.3) is 0 Å². The van der Waals surface area contributed by atoms with Gasteiger partial charge in [0, 0.05) is 38.0 Å². The molecule has 3 amide bonds. The summed E-state index contributed by atoms with van der Waals surface area (Å²) in [5.74, 6) is -2.54. The molecule has 0 aromatic heterocycles. The summed E-state index contributed by atoms with van der Waals surface area (Å²) in [6, 6.07) is 4.11. The highest BCUT2D eigenvalue weighted by atomic mass is 33.1. The summed E-state index contributed by atoms with van der Waals surface area (Å²) in [7, 11) is 2.30. The van der Waals surface area contributed by atoms with Gasteiger partial charge in [-0.1, -0.05) is 21.6 Å². The first-order valence-electron chi connectivity index (χ1n) is 8.69. The number of hydrogen-bond donors (Lipinski definition) is 4. The Morgan fingerprint density at radius 1 is 0.867 bits per heavy atom. The van der Waals surface area contributed by atoms with Crippen molar-refractivity contribution in [2.45, 2.75) is 32.9 Å². The van der Waals surface area contributed by atoms with E-state index in [0.717, 1.165) is 21.6 Å². The summed E-state index contributed by atoms with van der Waals surface area (Å²) >= 11 is 0. The highest BCUT2D eigenvalue weighted by molar-refractivity contribution is 8.76. The molecule has 2 atom stereocenters. The number of nitrogens with one attached hydrogen (secondary N) is 3. The Bertz CT molecular complexity index is 786. The molecule has 0 saturated carbocycles. The van der Waals surface area contributed by atoms with Gasteiger partial charge in [0.25, 0.3) is 0 Å². The van der Waals surface area contributed by atoms with E-state index in [1.54, 1.807) is 12.1 Å². The molecule has 0 spiro atoms. The minimum atomic E-state index is -1.17. The van der Waals surface area contributed by atoms with Crippen molar-refractivity contribution in [1.82, 2.24) is 10.6 Å². The fourth-order valence-electron chi connectivity index (χ4n) is 2.06. The summed E-state index contributed by atoms with van der Waals surface area (Å²) in [5.41, 5.74) is 0.542. The second-order valence-electron chi connectivity index (χ2n) is 6.04. The van der Waals surface area contributed by atoms with Gasteiger partial charge in [-0.2, -0.15) is 0 Å². The summed E-state index contributed by atoms with van der Waals surface area (Å²) < 4.78 is 5.27. The molecule has 0 aliphatic rings. The maximum absolute atomic E-state index is 12.4. The van der Waals surface area contributed by atoms with E-state index >= 15 is 0 Å². The standard InChI is InChI=1S/C18H23N3O7S2/c1-10(22)19-13-4-6-14(7-5-13)28-18(27)16(21-12(3)24)9-30-29-8-15(17(25)26)20-11(2)23/h4-7,15-16H,8-9H2,1-3H3,(H,19,22)(H,20,23)(H,21,24)(H,25,26). The molecule has 0 aliphatic heterocycles. The minimum absolute atomic E-state index is 0.0754. The molecule has 0 bridgehead atoms. The number of aliphatic carboxylic acids is 1. The lowest BCUT2D eigenvalue weighted by atomic mass is 10.3. The van der Waals surface area contributed by atoms with E-state index in [2.05, 4.69) is 16.0 Å². The molecule has 1 rings (SSSR count). The van der Waals surface area contributed by atoms with Crippen molar-refractivity contribution in [2.24, 2.45) is 0 Å². The molecule has 0 aliphatic carbocycles. The second-order valence-corrected chi connectivity index (χ2v) is 8.59. The molecule has 1 aromatic carbocycles. The predicted molar refractivity (Wildman–Crippen MR) is 114 cm³/mol. The molecular formula is C18H23N3O7S2. The van der Waals surface area contributed by atoms with Crippen molar-refractivity contribution >= 4 is 56.9 Å². The lowest BCUT2D eigenvalue weighted by Gasteiger charge is -2.17. The molecule has 2 unspecified atom stereocenters. The molecule has 10 nitrogen and oxygen atoms in total. The van der Waals surface area contributed by atoms with Crippen LogP contribution in [0.1, 0.15) is 20.8 Å². The van der Waals surface area contributed by atoms with E-state index in [1.807, 2.05) is 0 Å². The topological polar surface area (TPSA) is 151 Å². The predicted octanol–water partition coefficient (Wildman–Crippen LogP) is 1.03.